The minimum Gasteiger partial charge on any atom is -0.347 e. The highest BCUT2D eigenvalue weighted by atomic mass is 16.7. The van der Waals surface area contributed by atoms with Crippen LogP contribution in [0.3, 0.4) is 0 Å². The second-order valence-corrected chi connectivity index (χ2v) is 7.62. The Bertz CT molecular complexity index is 580. The number of hydrogen-bond donors (Lipinski definition) is 0. The molecule has 0 aromatic heterocycles. The SMILES string of the molecule is CC1[C@H](CCc2ccccc2)OC(C)(C)O[C@H]1CCc1ccccc1. The number of benzene rings is 2. The Balaban J connectivity index is 1.61. The van der Waals surface area contributed by atoms with Crippen molar-refractivity contribution in [3.63, 3.8) is 0 Å². The average Bonchev–Trinajstić information content (AvgIpc) is 2.62. The molecule has 0 aliphatic carbocycles. The maximum Gasteiger partial charge on any atom is 0.163 e. The Kier molecular flexibility index (Phi) is 5.93. The highest BCUT2D eigenvalue weighted by Gasteiger charge is 2.40. The summed E-state index contributed by atoms with van der Waals surface area (Å²) in [5.74, 6) is -0.102. The first-order valence-corrected chi connectivity index (χ1v) is 9.47. The van der Waals surface area contributed by atoms with Gasteiger partial charge in [-0.3, -0.25) is 0 Å². The second-order valence-electron chi connectivity index (χ2n) is 7.62. The van der Waals surface area contributed by atoms with Crippen LogP contribution in [0.25, 0.3) is 0 Å². The van der Waals surface area contributed by atoms with Gasteiger partial charge in [-0.15, -0.1) is 0 Å². The van der Waals surface area contributed by atoms with Gasteiger partial charge in [-0.2, -0.15) is 0 Å². The summed E-state index contributed by atoms with van der Waals surface area (Å²) in [7, 11) is 0. The Hall–Kier alpha value is -1.64. The monoisotopic (exact) mass is 338 g/mol. The first-order chi connectivity index (χ1) is 12.0. The number of aryl methyl sites for hydroxylation is 2. The van der Waals surface area contributed by atoms with Gasteiger partial charge in [0.2, 0.25) is 0 Å². The summed E-state index contributed by atoms with van der Waals surface area (Å²) >= 11 is 0. The molecule has 0 saturated carbocycles. The lowest BCUT2D eigenvalue weighted by Gasteiger charge is -2.45. The third kappa shape index (κ3) is 5.17. The van der Waals surface area contributed by atoms with E-state index >= 15 is 0 Å². The van der Waals surface area contributed by atoms with Crippen molar-refractivity contribution in [2.24, 2.45) is 5.92 Å². The summed E-state index contributed by atoms with van der Waals surface area (Å²) in [5.41, 5.74) is 2.76. The Morgan fingerprint density at radius 1 is 0.720 bits per heavy atom. The smallest absolute Gasteiger partial charge is 0.163 e. The zero-order valence-electron chi connectivity index (χ0n) is 15.7. The van der Waals surface area contributed by atoms with Gasteiger partial charge in [-0.1, -0.05) is 67.6 Å². The molecule has 1 aliphatic heterocycles. The Morgan fingerprint density at radius 2 is 1.12 bits per heavy atom. The molecule has 0 unspecified atom stereocenters. The third-order valence-corrected chi connectivity index (χ3v) is 5.16. The maximum absolute atomic E-state index is 6.27. The lowest BCUT2D eigenvalue weighted by Crippen LogP contribution is -2.50. The summed E-state index contributed by atoms with van der Waals surface area (Å²) in [6.07, 6.45) is 4.67. The molecule has 1 aliphatic rings. The minimum absolute atomic E-state index is 0.240. The Morgan fingerprint density at radius 3 is 1.52 bits per heavy atom. The van der Waals surface area contributed by atoms with E-state index in [1.54, 1.807) is 0 Å². The molecule has 2 heteroatoms. The van der Waals surface area contributed by atoms with Crippen LogP contribution in [0.4, 0.5) is 0 Å². The van der Waals surface area contributed by atoms with Crippen LogP contribution in [0.15, 0.2) is 60.7 Å². The van der Waals surface area contributed by atoms with E-state index in [0.29, 0.717) is 5.92 Å². The molecular weight excluding hydrogens is 308 g/mol. The predicted molar refractivity (Wildman–Crippen MR) is 103 cm³/mol. The molecule has 2 nitrogen and oxygen atoms in total. The van der Waals surface area contributed by atoms with Crippen LogP contribution < -0.4 is 0 Å². The van der Waals surface area contributed by atoms with E-state index in [9.17, 15) is 0 Å². The fraction of sp³-hybridized carbons (Fsp3) is 0.478. The van der Waals surface area contributed by atoms with E-state index in [0.717, 1.165) is 25.7 Å². The van der Waals surface area contributed by atoms with Crippen molar-refractivity contribution in [1.82, 2.24) is 0 Å². The van der Waals surface area contributed by atoms with Crippen molar-refractivity contribution < 1.29 is 9.47 Å². The zero-order chi connectivity index (χ0) is 17.7. The molecule has 2 atom stereocenters. The fourth-order valence-electron chi connectivity index (χ4n) is 3.76. The van der Waals surface area contributed by atoms with Gasteiger partial charge in [-0.05, 0) is 50.7 Å². The lowest BCUT2D eigenvalue weighted by molar-refractivity contribution is -0.320. The summed E-state index contributed by atoms with van der Waals surface area (Å²) in [6, 6.07) is 21.4. The Labute approximate surface area is 152 Å². The average molecular weight is 338 g/mol. The van der Waals surface area contributed by atoms with Gasteiger partial charge in [-0.25, -0.2) is 0 Å². The lowest BCUT2D eigenvalue weighted by atomic mass is 9.88. The fourth-order valence-corrected chi connectivity index (χ4v) is 3.76. The molecule has 1 fully saturated rings. The second kappa shape index (κ2) is 8.16. The predicted octanol–water partition coefficient (Wildman–Crippen LogP) is 5.41. The van der Waals surface area contributed by atoms with Crippen LogP contribution in [-0.2, 0) is 22.3 Å². The number of ether oxygens (including phenoxy) is 2. The van der Waals surface area contributed by atoms with Crippen molar-refractivity contribution in [3.05, 3.63) is 71.8 Å². The van der Waals surface area contributed by atoms with E-state index in [1.807, 2.05) is 13.8 Å². The molecule has 1 saturated heterocycles. The van der Waals surface area contributed by atoms with E-state index in [1.165, 1.54) is 11.1 Å². The van der Waals surface area contributed by atoms with Gasteiger partial charge in [0.1, 0.15) is 0 Å². The van der Waals surface area contributed by atoms with Gasteiger partial charge in [0.25, 0.3) is 0 Å². The topological polar surface area (TPSA) is 18.5 Å². The van der Waals surface area contributed by atoms with E-state index < -0.39 is 5.79 Å². The quantitative estimate of drug-likeness (QED) is 0.701. The minimum atomic E-state index is -0.505. The van der Waals surface area contributed by atoms with Crippen molar-refractivity contribution >= 4 is 0 Å². The van der Waals surface area contributed by atoms with Gasteiger partial charge < -0.3 is 9.47 Å². The van der Waals surface area contributed by atoms with Gasteiger partial charge >= 0.3 is 0 Å². The van der Waals surface area contributed by atoms with E-state index in [4.69, 9.17) is 9.47 Å². The summed E-state index contributed by atoms with van der Waals surface area (Å²) in [5, 5.41) is 0. The standard InChI is InChI=1S/C23H30O2/c1-18-21(16-14-19-10-6-4-7-11-19)24-23(2,3)25-22(18)17-15-20-12-8-5-9-13-20/h4-13,18,21-22H,14-17H2,1-3H3/t21-,22-/m0/s1. The van der Waals surface area contributed by atoms with Crippen molar-refractivity contribution in [2.75, 3.05) is 0 Å². The van der Waals surface area contributed by atoms with Crippen LogP contribution in [-0.4, -0.2) is 18.0 Å². The molecule has 0 radical (unpaired) electrons. The molecule has 0 bridgehead atoms. The summed E-state index contributed by atoms with van der Waals surface area (Å²) < 4.78 is 12.5. The van der Waals surface area contributed by atoms with E-state index in [2.05, 4.69) is 67.6 Å². The highest BCUT2D eigenvalue weighted by molar-refractivity contribution is 5.16. The third-order valence-electron chi connectivity index (χ3n) is 5.16. The molecule has 0 amide bonds. The normalized spacial score (nSPS) is 25.6. The van der Waals surface area contributed by atoms with Crippen molar-refractivity contribution in [2.45, 2.75) is 64.4 Å². The van der Waals surface area contributed by atoms with Crippen LogP contribution in [0.2, 0.25) is 0 Å². The van der Waals surface area contributed by atoms with Crippen LogP contribution in [0, 0.1) is 5.92 Å². The first-order valence-electron chi connectivity index (χ1n) is 9.47. The molecule has 25 heavy (non-hydrogen) atoms. The van der Waals surface area contributed by atoms with Crippen LogP contribution in [0.5, 0.6) is 0 Å². The first kappa shape index (κ1) is 18.2. The number of rotatable bonds is 6. The van der Waals surface area contributed by atoms with Gasteiger partial charge in [0, 0.05) is 5.92 Å². The molecule has 0 N–H and O–H groups in total. The van der Waals surface area contributed by atoms with Gasteiger partial charge in [0.05, 0.1) is 12.2 Å². The highest BCUT2D eigenvalue weighted by Crippen LogP contribution is 2.35. The largest absolute Gasteiger partial charge is 0.347 e. The number of hydrogen-bond acceptors (Lipinski definition) is 2. The molecule has 134 valence electrons. The molecule has 2 aromatic carbocycles. The van der Waals surface area contributed by atoms with Crippen molar-refractivity contribution in [3.8, 4) is 0 Å². The van der Waals surface area contributed by atoms with Crippen molar-refractivity contribution in [1.29, 1.82) is 0 Å². The zero-order valence-corrected chi connectivity index (χ0v) is 15.7. The molecule has 2 aromatic rings. The van der Waals surface area contributed by atoms with Crippen LogP contribution >= 0.6 is 0 Å². The molecule has 1 heterocycles. The molecular formula is C23H30O2. The summed E-state index contributed by atoms with van der Waals surface area (Å²) in [6.45, 7) is 6.37. The molecule has 3 rings (SSSR count). The molecule has 0 spiro atoms. The maximum atomic E-state index is 6.27. The van der Waals surface area contributed by atoms with Gasteiger partial charge in [0.15, 0.2) is 5.79 Å². The van der Waals surface area contributed by atoms with E-state index in [-0.39, 0.29) is 12.2 Å². The van der Waals surface area contributed by atoms with Crippen LogP contribution in [0.1, 0.15) is 44.7 Å². The summed E-state index contributed by atoms with van der Waals surface area (Å²) in [4.78, 5) is 0.